The van der Waals surface area contributed by atoms with Crippen molar-refractivity contribution in [3.05, 3.63) is 23.3 Å². The van der Waals surface area contributed by atoms with Crippen molar-refractivity contribution < 1.29 is 9.47 Å². The fourth-order valence-electron chi connectivity index (χ4n) is 2.06. The largest absolute Gasteiger partial charge is 0.454 e. The van der Waals surface area contributed by atoms with E-state index in [4.69, 9.17) is 20.5 Å². The molecule has 90 valence electrons. The highest BCUT2D eigenvalue weighted by molar-refractivity contribution is 5.49. The van der Waals surface area contributed by atoms with Gasteiger partial charge in [0.05, 0.1) is 12.0 Å². The Morgan fingerprint density at radius 2 is 2.06 bits per heavy atom. The van der Waals surface area contributed by atoms with Gasteiger partial charge in [0.25, 0.3) is 0 Å². The zero-order chi connectivity index (χ0) is 12.4. The number of nitrogens with zero attached hydrogens (tertiary/aromatic N) is 1. The van der Waals surface area contributed by atoms with Crippen LogP contribution in [0.2, 0.25) is 0 Å². The molecule has 0 aliphatic carbocycles. The van der Waals surface area contributed by atoms with Crippen LogP contribution in [0.1, 0.15) is 30.5 Å². The summed E-state index contributed by atoms with van der Waals surface area (Å²) >= 11 is 0. The van der Waals surface area contributed by atoms with Gasteiger partial charge in [0.2, 0.25) is 6.79 Å². The van der Waals surface area contributed by atoms with Crippen LogP contribution >= 0.6 is 0 Å². The van der Waals surface area contributed by atoms with E-state index in [9.17, 15) is 0 Å². The molecule has 2 rings (SSSR count). The molecule has 0 saturated carbocycles. The average molecular weight is 232 g/mol. The Balaban J connectivity index is 2.36. The minimum Gasteiger partial charge on any atom is -0.454 e. The number of aryl methyl sites for hydroxylation is 1. The van der Waals surface area contributed by atoms with E-state index in [-0.39, 0.29) is 18.8 Å². The van der Waals surface area contributed by atoms with Crippen molar-refractivity contribution in [2.75, 3.05) is 6.79 Å². The van der Waals surface area contributed by atoms with Crippen molar-refractivity contribution in [2.45, 2.75) is 26.3 Å². The molecule has 2 N–H and O–H groups in total. The lowest BCUT2D eigenvalue weighted by atomic mass is 9.90. The van der Waals surface area contributed by atoms with E-state index < -0.39 is 0 Å². The molecule has 0 saturated heterocycles. The van der Waals surface area contributed by atoms with E-state index in [0.717, 1.165) is 23.3 Å². The molecule has 0 bridgehead atoms. The minimum absolute atomic E-state index is 0.172. The molecule has 0 aromatic heterocycles. The molecule has 4 nitrogen and oxygen atoms in total. The standard InChI is InChI=1S/C13H16N2O2/c1-3-9(6-14)13(15)10-5-12-11(4-8(10)2)16-7-17-12/h4-5,9,13H,3,7,15H2,1-2H3. The zero-order valence-corrected chi connectivity index (χ0v) is 10.1. The van der Waals surface area contributed by atoms with Crippen LogP contribution in [-0.2, 0) is 0 Å². The van der Waals surface area contributed by atoms with E-state index in [2.05, 4.69) is 6.07 Å². The molecule has 0 fully saturated rings. The summed E-state index contributed by atoms with van der Waals surface area (Å²) in [6.45, 7) is 4.19. The van der Waals surface area contributed by atoms with Crippen LogP contribution in [-0.4, -0.2) is 6.79 Å². The summed E-state index contributed by atoms with van der Waals surface area (Å²) in [7, 11) is 0. The van der Waals surface area contributed by atoms with Gasteiger partial charge < -0.3 is 15.2 Å². The molecule has 0 spiro atoms. The number of benzene rings is 1. The number of ether oxygens (including phenoxy) is 2. The quantitative estimate of drug-likeness (QED) is 0.868. The number of fused-ring (bicyclic) bond motifs is 1. The van der Waals surface area contributed by atoms with Crippen LogP contribution in [0.15, 0.2) is 12.1 Å². The Hall–Kier alpha value is -1.73. The molecule has 2 unspecified atom stereocenters. The molecule has 1 aromatic rings. The number of hydrogen-bond donors (Lipinski definition) is 1. The third-order valence-electron chi connectivity index (χ3n) is 3.16. The predicted molar refractivity (Wildman–Crippen MR) is 63.6 cm³/mol. The van der Waals surface area contributed by atoms with Gasteiger partial charge in [-0.3, -0.25) is 0 Å². The van der Waals surface area contributed by atoms with Gasteiger partial charge >= 0.3 is 0 Å². The maximum Gasteiger partial charge on any atom is 0.231 e. The third-order valence-corrected chi connectivity index (χ3v) is 3.16. The Morgan fingerprint density at radius 3 is 2.65 bits per heavy atom. The maximum absolute atomic E-state index is 9.06. The number of rotatable bonds is 3. The molecule has 2 atom stereocenters. The second-order valence-corrected chi connectivity index (χ2v) is 4.23. The van der Waals surface area contributed by atoms with Crippen molar-refractivity contribution >= 4 is 0 Å². The second kappa shape index (κ2) is 4.64. The van der Waals surface area contributed by atoms with Crippen molar-refractivity contribution in [1.29, 1.82) is 5.26 Å². The zero-order valence-electron chi connectivity index (χ0n) is 10.1. The third kappa shape index (κ3) is 2.06. The monoisotopic (exact) mass is 232 g/mol. The number of nitrogens with two attached hydrogens (primary N) is 1. The van der Waals surface area contributed by atoms with Crippen molar-refractivity contribution in [3.8, 4) is 17.6 Å². The first-order valence-electron chi connectivity index (χ1n) is 5.72. The molecule has 17 heavy (non-hydrogen) atoms. The molecule has 1 heterocycles. The van der Waals surface area contributed by atoms with Crippen LogP contribution in [0.25, 0.3) is 0 Å². The van der Waals surface area contributed by atoms with Gasteiger partial charge in [0.15, 0.2) is 11.5 Å². The molecule has 1 aliphatic heterocycles. The van der Waals surface area contributed by atoms with Gasteiger partial charge in [0.1, 0.15) is 0 Å². The van der Waals surface area contributed by atoms with Crippen molar-refractivity contribution in [1.82, 2.24) is 0 Å². The van der Waals surface area contributed by atoms with Crippen LogP contribution < -0.4 is 15.2 Å². The summed E-state index contributed by atoms with van der Waals surface area (Å²) in [6.07, 6.45) is 0.742. The predicted octanol–water partition coefficient (Wildman–Crippen LogP) is 2.27. The second-order valence-electron chi connectivity index (χ2n) is 4.23. The topological polar surface area (TPSA) is 68.3 Å². The Morgan fingerprint density at radius 1 is 1.41 bits per heavy atom. The first-order chi connectivity index (χ1) is 8.17. The van der Waals surface area contributed by atoms with E-state index >= 15 is 0 Å². The SMILES string of the molecule is CCC(C#N)C(N)c1cc2c(cc1C)OCO2. The van der Waals surface area contributed by atoms with Crippen molar-refractivity contribution in [3.63, 3.8) is 0 Å². The summed E-state index contributed by atoms with van der Waals surface area (Å²) in [5.74, 6) is 1.30. The summed E-state index contributed by atoms with van der Waals surface area (Å²) in [5.41, 5.74) is 8.13. The minimum atomic E-state index is -0.278. The lowest BCUT2D eigenvalue weighted by Gasteiger charge is -2.19. The molecule has 1 aromatic carbocycles. The van der Waals surface area contributed by atoms with Crippen LogP contribution in [0.3, 0.4) is 0 Å². The molecule has 0 amide bonds. The Labute approximate surface area is 101 Å². The molecular formula is C13H16N2O2. The molecular weight excluding hydrogens is 216 g/mol. The number of nitriles is 1. The van der Waals surface area contributed by atoms with Gasteiger partial charge in [-0.15, -0.1) is 0 Å². The smallest absolute Gasteiger partial charge is 0.231 e. The summed E-state index contributed by atoms with van der Waals surface area (Å²) in [5, 5.41) is 9.06. The first kappa shape index (κ1) is 11.7. The Bertz CT molecular complexity index is 465. The fraction of sp³-hybridized carbons (Fsp3) is 0.462. The summed E-state index contributed by atoms with van der Waals surface area (Å²) in [6, 6.07) is 5.78. The van der Waals surface area contributed by atoms with Crippen LogP contribution in [0.4, 0.5) is 0 Å². The van der Waals surface area contributed by atoms with Crippen LogP contribution in [0.5, 0.6) is 11.5 Å². The van der Waals surface area contributed by atoms with Gasteiger partial charge in [-0.25, -0.2) is 0 Å². The van der Waals surface area contributed by atoms with E-state index in [1.165, 1.54) is 0 Å². The highest BCUT2D eigenvalue weighted by atomic mass is 16.7. The lowest BCUT2D eigenvalue weighted by molar-refractivity contribution is 0.174. The molecule has 1 aliphatic rings. The lowest BCUT2D eigenvalue weighted by Crippen LogP contribution is -2.20. The summed E-state index contributed by atoms with van der Waals surface area (Å²) < 4.78 is 10.6. The van der Waals surface area contributed by atoms with E-state index in [0.29, 0.717) is 5.75 Å². The number of hydrogen-bond acceptors (Lipinski definition) is 4. The maximum atomic E-state index is 9.06. The highest BCUT2D eigenvalue weighted by Crippen LogP contribution is 2.37. The van der Waals surface area contributed by atoms with Gasteiger partial charge in [-0.1, -0.05) is 6.92 Å². The summed E-state index contributed by atoms with van der Waals surface area (Å²) in [4.78, 5) is 0. The van der Waals surface area contributed by atoms with E-state index in [1.54, 1.807) is 0 Å². The molecule has 4 heteroatoms. The Kier molecular flexibility index (Phi) is 3.21. The molecule has 0 radical (unpaired) electrons. The highest BCUT2D eigenvalue weighted by Gasteiger charge is 2.23. The first-order valence-corrected chi connectivity index (χ1v) is 5.72. The van der Waals surface area contributed by atoms with Gasteiger partial charge in [0, 0.05) is 6.04 Å². The van der Waals surface area contributed by atoms with Gasteiger partial charge in [-0.2, -0.15) is 5.26 Å². The average Bonchev–Trinajstić information content (AvgIpc) is 2.76. The van der Waals surface area contributed by atoms with E-state index in [1.807, 2.05) is 26.0 Å². The van der Waals surface area contributed by atoms with Crippen LogP contribution in [0, 0.1) is 24.2 Å². The van der Waals surface area contributed by atoms with Gasteiger partial charge in [-0.05, 0) is 36.6 Å². The van der Waals surface area contributed by atoms with Crippen molar-refractivity contribution in [2.24, 2.45) is 11.7 Å². The fourth-order valence-corrected chi connectivity index (χ4v) is 2.06. The normalized spacial score (nSPS) is 16.4.